The summed E-state index contributed by atoms with van der Waals surface area (Å²) in [5.41, 5.74) is 0. The first-order valence-corrected chi connectivity index (χ1v) is 5.55. The maximum absolute atomic E-state index is 9.27. The van der Waals surface area contributed by atoms with Crippen LogP contribution in [0.3, 0.4) is 0 Å². The largest absolute Gasteiger partial charge is 0.508 e. The Hall–Kier alpha value is -0.800. The number of hydrogen-bond acceptors (Lipinski definition) is 3. The quantitative estimate of drug-likeness (QED) is 0.790. The molecule has 84 valence electrons. The van der Waals surface area contributed by atoms with Gasteiger partial charge >= 0.3 is 0 Å². The van der Waals surface area contributed by atoms with E-state index >= 15 is 0 Å². The Balaban J connectivity index is 2.73. The Bertz CT molecular complexity index is 305. The summed E-state index contributed by atoms with van der Waals surface area (Å²) in [6, 6.07) is 4.64. The van der Waals surface area contributed by atoms with Crippen molar-refractivity contribution in [2.24, 2.45) is 0 Å². The summed E-state index contributed by atoms with van der Waals surface area (Å²) in [6.07, 6.45) is 0. The number of phenolic OH excluding ortho intramolecular Hbond substituents is 1. The van der Waals surface area contributed by atoms with Crippen molar-refractivity contribution in [3.63, 3.8) is 0 Å². The number of rotatable bonds is 6. The predicted octanol–water partition coefficient (Wildman–Crippen LogP) is 2.63. The molecule has 0 unspecified atom stereocenters. The first-order valence-electron chi connectivity index (χ1n) is 4.48. The van der Waals surface area contributed by atoms with Gasteiger partial charge in [0.2, 0.25) is 0 Å². The van der Waals surface area contributed by atoms with Crippen molar-refractivity contribution in [1.82, 2.24) is 0 Å². The monoisotopic (exact) mass is 250 g/mol. The molecule has 0 aromatic heterocycles. The number of aromatic hydroxyl groups is 1. The van der Waals surface area contributed by atoms with E-state index in [0.717, 1.165) is 0 Å². The van der Waals surface area contributed by atoms with E-state index in [0.29, 0.717) is 36.5 Å². The van der Waals surface area contributed by atoms with Gasteiger partial charge in [-0.1, -0.05) is 0 Å². The number of ether oxygens (including phenoxy) is 2. The summed E-state index contributed by atoms with van der Waals surface area (Å²) < 4.78 is 10.6. The Kier molecular flexibility index (Phi) is 5.43. The average molecular weight is 251 g/mol. The van der Waals surface area contributed by atoms with E-state index in [2.05, 4.69) is 0 Å². The molecule has 1 N–H and O–H groups in total. The first kappa shape index (κ1) is 12.3. The number of benzene rings is 1. The molecule has 0 spiro atoms. The minimum atomic E-state index is 0.123. The summed E-state index contributed by atoms with van der Waals surface area (Å²) >= 11 is 11.0. The lowest BCUT2D eigenvalue weighted by Crippen LogP contribution is -2.03. The van der Waals surface area contributed by atoms with Crippen LogP contribution >= 0.6 is 23.2 Å². The topological polar surface area (TPSA) is 38.7 Å². The van der Waals surface area contributed by atoms with Gasteiger partial charge in [0.1, 0.15) is 19.0 Å². The van der Waals surface area contributed by atoms with Crippen molar-refractivity contribution < 1.29 is 14.6 Å². The predicted molar refractivity (Wildman–Crippen MR) is 60.5 cm³/mol. The second-order valence-corrected chi connectivity index (χ2v) is 3.46. The molecular formula is C10H12Cl2O3. The van der Waals surface area contributed by atoms with Crippen molar-refractivity contribution in [1.29, 1.82) is 0 Å². The first-order chi connectivity index (χ1) is 7.27. The molecular weight excluding hydrogens is 239 g/mol. The zero-order valence-corrected chi connectivity index (χ0v) is 9.59. The van der Waals surface area contributed by atoms with E-state index < -0.39 is 0 Å². The SMILES string of the molecule is Oc1ccc(OCCCl)c(OCCCl)c1. The Morgan fingerprint density at radius 3 is 2.20 bits per heavy atom. The van der Waals surface area contributed by atoms with Gasteiger partial charge in [-0.25, -0.2) is 0 Å². The van der Waals surface area contributed by atoms with Crippen molar-refractivity contribution in [3.8, 4) is 17.2 Å². The van der Waals surface area contributed by atoms with Gasteiger partial charge in [-0.05, 0) is 12.1 Å². The number of hydrogen-bond donors (Lipinski definition) is 1. The molecule has 0 amide bonds. The van der Waals surface area contributed by atoms with Crippen LogP contribution in [0.5, 0.6) is 17.2 Å². The van der Waals surface area contributed by atoms with E-state index in [1.807, 2.05) is 0 Å². The highest BCUT2D eigenvalue weighted by atomic mass is 35.5. The number of phenols is 1. The summed E-state index contributed by atoms with van der Waals surface area (Å²) in [5, 5.41) is 9.27. The second kappa shape index (κ2) is 6.64. The molecule has 0 fully saturated rings. The molecule has 1 rings (SSSR count). The summed E-state index contributed by atoms with van der Waals surface area (Å²) in [6.45, 7) is 0.756. The van der Waals surface area contributed by atoms with Gasteiger partial charge in [0.15, 0.2) is 11.5 Å². The van der Waals surface area contributed by atoms with E-state index in [-0.39, 0.29) is 5.75 Å². The molecule has 0 saturated carbocycles. The van der Waals surface area contributed by atoms with Crippen LogP contribution in [0.1, 0.15) is 0 Å². The summed E-state index contributed by atoms with van der Waals surface area (Å²) in [5.74, 6) is 1.93. The molecule has 0 radical (unpaired) electrons. The lowest BCUT2D eigenvalue weighted by molar-refractivity contribution is 0.288. The van der Waals surface area contributed by atoms with Crippen LogP contribution in [0.4, 0.5) is 0 Å². The normalized spacial score (nSPS) is 10.0. The molecule has 0 atom stereocenters. The van der Waals surface area contributed by atoms with Gasteiger partial charge in [-0.15, -0.1) is 23.2 Å². The Morgan fingerprint density at radius 1 is 1.00 bits per heavy atom. The fourth-order valence-corrected chi connectivity index (χ4v) is 1.18. The third kappa shape index (κ3) is 4.06. The molecule has 0 saturated heterocycles. The van der Waals surface area contributed by atoms with Gasteiger partial charge in [0.05, 0.1) is 11.8 Å². The van der Waals surface area contributed by atoms with Crippen molar-refractivity contribution in [2.45, 2.75) is 0 Å². The molecule has 1 aromatic carbocycles. The fraction of sp³-hybridized carbons (Fsp3) is 0.400. The summed E-state index contributed by atoms with van der Waals surface area (Å²) in [4.78, 5) is 0. The minimum Gasteiger partial charge on any atom is -0.508 e. The standard InChI is InChI=1S/C10H12Cl2O3/c11-3-5-14-9-2-1-8(13)7-10(9)15-6-4-12/h1-2,7,13H,3-6H2. The molecule has 0 aliphatic heterocycles. The van der Waals surface area contributed by atoms with Gasteiger partial charge < -0.3 is 14.6 Å². The molecule has 3 nitrogen and oxygen atoms in total. The van der Waals surface area contributed by atoms with Crippen LogP contribution in [0.15, 0.2) is 18.2 Å². The third-order valence-electron chi connectivity index (χ3n) is 1.60. The van der Waals surface area contributed by atoms with Gasteiger partial charge in [-0.2, -0.15) is 0 Å². The molecule has 5 heteroatoms. The minimum absolute atomic E-state index is 0.123. The smallest absolute Gasteiger partial charge is 0.164 e. The van der Waals surface area contributed by atoms with Gasteiger partial charge in [-0.3, -0.25) is 0 Å². The number of alkyl halides is 2. The van der Waals surface area contributed by atoms with E-state index in [9.17, 15) is 5.11 Å². The van der Waals surface area contributed by atoms with E-state index in [1.54, 1.807) is 6.07 Å². The van der Waals surface area contributed by atoms with E-state index in [1.165, 1.54) is 12.1 Å². The number of halogens is 2. The van der Waals surface area contributed by atoms with Crippen LogP contribution < -0.4 is 9.47 Å². The molecule has 15 heavy (non-hydrogen) atoms. The highest BCUT2D eigenvalue weighted by Gasteiger charge is 2.05. The zero-order valence-electron chi connectivity index (χ0n) is 8.08. The average Bonchev–Trinajstić information content (AvgIpc) is 2.25. The van der Waals surface area contributed by atoms with E-state index in [4.69, 9.17) is 32.7 Å². The van der Waals surface area contributed by atoms with Crippen LogP contribution in [0.25, 0.3) is 0 Å². The van der Waals surface area contributed by atoms with Crippen molar-refractivity contribution >= 4 is 23.2 Å². The maximum atomic E-state index is 9.27. The Morgan fingerprint density at radius 2 is 1.60 bits per heavy atom. The molecule has 0 aliphatic carbocycles. The zero-order chi connectivity index (χ0) is 11.1. The molecule has 0 bridgehead atoms. The van der Waals surface area contributed by atoms with Crippen LogP contribution in [0, 0.1) is 0 Å². The van der Waals surface area contributed by atoms with Crippen LogP contribution in [-0.2, 0) is 0 Å². The van der Waals surface area contributed by atoms with Crippen LogP contribution in [-0.4, -0.2) is 30.1 Å². The lowest BCUT2D eigenvalue weighted by Gasteiger charge is -2.11. The highest BCUT2D eigenvalue weighted by molar-refractivity contribution is 6.18. The van der Waals surface area contributed by atoms with Crippen LogP contribution in [0.2, 0.25) is 0 Å². The third-order valence-corrected chi connectivity index (χ3v) is 1.91. The van der Waals surface area contributed by atoms with Gasteiger partial charge in [0.25, 0.3) is 0 Å². The second-order valence-electron chi connectivity index (χ2n) is 2.71. The maximum Gasteiger partial charge on any atom is 0.164 e. The highest BCUT2D eigenvalue weighted by Crippen LogP contribution is 2.30. The van der Waals surface area contributed by atoms with Crippen molar-refractivity contribution in [3.05, 3.63) is 18.2 Å². The molecule has 0 heterocycles. The molecule has 1 aromatic rings. The van der Waals surface area contributed by atoms with Crippen molar-refractivity contribution in [2.75, 3.05) is 25.0 Å². The lowest BCUT2D eigenvalue weighted by atomic mass is 10.3. The summed E-state index contributed by atoms with van der Waals surface area (Å²) in [7, 11) is 0. The molecule has 0 aliphatic rings. The fourth-order valence-electron chi connectivity index (χ4n) is 1.03. The van der Waals surface area contributed by atoms with Gasteiger partial charge in [0, 0.05) is 6.07 Å². The Labute approximate surface area is 98.5 Å².